The van der Waals surface area contributed by atoms with Crippen LogP contribution in [-0.4, -0.2) is 15.9 Å². The Balaban J connectivity index is 1.68. The summed E-state index contributed by atoms with van der Waals surface area (Å²) in [5, 5.41) is 5.25. The van der Waals surface area contributed by atoms with Gasteiger partial charge in [0, 0.05) is 17.1 Å². The molecule has 2 aromatic heterocycles. The van der Waals surface area contributed by atoms with Gasteiger partial charge in [-0.1, -0.05) is 12.1 Å². The van der Waals surface area contributed by atoms with Crippen molar-refractivity contribution in [2.75, 3.05) is 5.32 Å². The third-order valence-electron chi connectivity index (χ3n) is 3.15. The van der Waals surface area contributed by atoms with Crippen molar-refractivity contribution in [3.05, 3.63) is 65.0 Å². The highest BCUT2D eigenvalue weighted by molar-refractivity contribution is 7.13. The van der Waals surface area contributed by atoms with E-state index in [9.17, 15) is 9.18 Å². The molecule has 0 atom stereocenters. The van der Waals surface area contributed by atoms with Crippen LogP contribution < -0.4 is 5.32 Å². The highest BCUT2D eigenvalue weighted by Gasteiger charge is 2.10. The molecule has 0 saturated carbocycles. The van der Waals surface area contributed by atoms with Crippen LogP contribution in [0.25, 0.3) is 10.6 Å². The second kappa shape index (κ2) is 6.66. The number of halogens is 1. The van der Waals surface area contributed by atoms with E-state index in [1.165, 1.54) is 23.5 Å². The van der Waals surface area contributed by atoms with Crippen molar-refractivity contribution in [1.82, 2.24) is 9.97 Å². The Morgan fingerprint density at radius 1 is 1.30 bits per heavy atom. The smallest absolute Gasteiger partial charge is 0.231 e. The zero-order chi connectivity index (χ0) is 16.2. The molecule has 0 saturated heterocycles. The highest BCUT2D eigenvalue weighted by Crippen LogP contribution is 2.24. The molecule has 0 radical (unpaired) electrons. The molecule has 1 amide bonds. The van der Waals surface area contributed by atoms with Gasteiger partial charge in [-0.15, -0.1) is 11.3 Å². The minimum absolute atomic E-state index is 0.154. The summed E-state index contributed by atoms with van der Waals surface area (Å²) in [7, 11) is 0. The number of nitrogens with one attached hydrogen (secondary N) is 1. The number of aryl methyl sites for hydroxylation is 1. The van der Waals surface area contributed by atoms with E-state index in [4.69, 9.17) is 0 Å². The first-order valence-electron chi connectivity index (χ1n) is 7.03. The third-order valence-corrected chi connectivity index (χ3v) is 4.09. The Labute approximate surface area is 137 Å². The van der Waals surface area contributed by atoms with Crippen LogP contribution >= 0.6 is 11.3 Å². The average Bonchev–Trinajstić information content (AvgIpc) is 2.95. The minimum Gasteiger partial charge on any atom is -0.310 e. The summed E-state index contributed by atoms with van der Waals surface area (Å²) in [5.74, 6) is 0.0392. The van der Waals surface area contributed by atoms with E-state index >= 15 is 0 Å². The number of amides is 1. The van der Waals surface area contributed by atoms with Gasteiger partial charge in [0.2, 0.25) is 5.91 Å². The fourth-order valence-corrected chi connectivity index (χ4v) is 2.92. The molecule has 0 fully saturated rings. The van der Waals surface area contributed by atoms with Gasteiger partial charge in [-0.2, -0.15) is 0 Å². The van der Waals surface area contributed by atoms with Crippen LogP contribution in [-0.2, 0) is 11.2 Å². The van der Waals surface area contributed by atoms with E-state index in [0.29, 0.717) is 22.1 Å². The van der Waals surface area contributed by atoms with Crippen LogP contribution in [0.15, 0.2) is 48.0 Å². The van der Waals surface area contributed by atoms with Crippen LogP contribution in [0.4, 0.5) is 10.2 Å². The number of thiazole rings is 1. The monoisotopic (exact) mass is 327 g/mol. The maximum Gasteiger partial charge on any atom is 0.231 e. The normalized spacial score (nSPS) is 10.5. The van der Waals surface area contributed by atoms with Crippen LogP contribution in [0.3, 0.4) is 0 Å². The highest BCUT2D eigenvalue weighted by atomic mass is 32.1. The lowest BCUT2D eigenvalue weighted by Gasteiger charge is -2.03. The number of aromatic nitrogens is 2. The zero-order valence-electron chi connectivity index (χ0n) is 12.4. The van der Waals surface area contributed by atoms with Crippen LogP contribution in [0.2, 0.25) is 0 Å². The molecule has 0 spiro atoms. The summed E-state index contributed by atoms with van der Waals surface area (Å²) in [5.41, 5.74) is 2.39. The van der Waals surface area contributed by atoms with Gasteiger partial charge in [-0.05, 0) is 36.8 Å². The summed E-state index contributed by atoms with van der Waals surface area (Å²) in [6.07, 6.45) is 1.80. The van der Waals surface area contributed by atoms with Gasteiger partial charge < -0.3 is 5.32 Å². The number of rotatable bonds is 4. The standard InChI is InChI=1S/C17H14FN3OS/c1-11-5-6-19-15(7-11)21-16(22)9-14-10-23-17(20-14)12-3-2-4-13(18)8-12/h2-8,10H,9H2,1H3,(H,19,21,22). The first-order chi connectivity index (χ1) is 11.1. The van der Waals surface area contributed by atoms with Gasteiger partial charge in [0.1, 0.15) is 16.6 Å². The van der Waals surface area contributed by atoms with E-state index in [1.807, 2.05) is 18.4 Å². The lowest BCUT2D eigenvalue weighted by Crippen LogP contribution is -2.15. The number of benzene rings is 1. The van der Waals surface area contributed by atoms with Crippen molar-refractivity contribution in [1.29, 1.82) is 0 Å². The molecule has 0 unspecified atom stereocenters. The molecule has 6 heteroatoms. The minimum atomic E-state index is -0.303. The van der Waals surface area contributed by atoms with Gasteiger partial charge >= 0.3 is 0 Å². The maximum atomic E-state index is 13.3. The molecule has 0 aliphatic heterocycles. The number of hydrogen-bond acceptors (Lipinski definition) is 4. The fourth-order valence-electron chi connectivity index (χ4n) is 2.10. The molecular weight excluding hydrogens is 313 g/mol. The van der Waals surface area contributed by atoms with E-state index in [-0.39, 0.29) is 18.1 Å². The summed E-state index contributed by atoms with van der Waals surface area (Å²) in [6, 6.07) is 9.92. The fraction of sp³-hybridized carbons (Fsp3) is 0.118. The topological polar surface area (TPSA) is 54.9 Å². The Bertz CT molecular complexity index is 847. The first kappa shape index (κ1) is 15.3. The zero-order valence-corrected chi connectivity index (χ0v) is 13.2. The van der Waals surface area contributed by atoms with Crippen molar-refractivity contribution < 1.29 is 9.18 Å². The second-order valence-electron chi connectivity index (χ2n) is 5.10. The van der Waals surface area contributed by atoms with E-state index in [1.54, 1.807) is 24.4 Å². The second-order valence-corrected chi connectivity index (χ2v) is 5.96. The summed E-state index contributed by atoms with van der Waals surface area (Å²) < 4.78 is 13.3. The molecule has 23 heavy (non-hydrogen) atoms. The molecule has 4 nitrogen and oxygen atoms in total. The molecular formula is C17H14FN3OS. The molecule has 0 bridgehead atoms. The maximum absolute atomic E-state index is 13.3. The first-order valence-corrected chi connectivity index (χ1v) is 7.91. The van der Waals surface area contributed by atoms with E-state index in [0.717, 1.165) is 5.56 Å². The van der Waals surface area contributed by atoms with Crippen molar-refractivity contribution in [2.45, 2.75) is 13.3 Å². The Morgan fingerprint density at radius 3 is 2.96 bits per heavy atom. The van der Waals surface area contributed by atoms with Gasteiger partial charge in [-0.3, -0.25) is 4.79 Å². The van der Waals surface area contributed by atoms with E-state index < -0.39 is 0 Å². The molecule has 116 valence electrons. The third kappa shape index (κ3) is 3.98. The molecule has 1 aromatic carbocycles. The van der Waals surface area contributed by atoms with E-state index in [2.05, 4.69) is 15.3 Å². The molecule has 0 aliphatic carbocycles. The number of carbonyl (C=O) groups is 1. The van der Waals surface area contributed by atoms with Gasteiger partial charge in [0.05, 0.1) is 12.1 Å². The van der Waals surface area contributed by atoms with Crippen molar-refractivity contribution >= 4 is 23.1 Å². The van der Waals surface area contributed by atoms with Crippen molar-refractivity contribution in [2.24, 2.45) is 0 Å². The van der Waals surface area contributed by atoms with Crippen molar-refractivity contribution in [3.63, 3.8) is 0 Å². The lowest BCUT2D eigenvalue weighted by molar-refractivity contribution is -0.115. The van der Waals surface area contributed by atoms with Crippen LogP contribution in [0.5, 0.6) is 0 Å². The number of hydrogen-bond donors (Lipinski definition) is 1. The predicted molar refractivity (Wildman–Crippen MR) is 88.8 cm³/mol. The lowest BCUT2D eigenvalue weighted by atomic mass is 10.2. The Kier molecular flexibility index (Phi) is 4.43. The van der Waals surface area contributed by atoms with Crippen LogP contribution in [0.1, 0.15) is 11.3 Å². The largest absolute Gasteiger partial charge is 0.310 e. The quantitative estimate of drug-likeness (QED) is 0.792. The van der Waals surface area contributed by atoms with Crippen LogP contribution in [0, 0.1) is 12.7 Å². The molecule has 0 aliphatic rings. The SMILES string of the molecule is Cc1ccnc(NC(=O)Cc2csc(-c3cccc(F)c3)n2)c1. The summed E-state index contributed by atoms with van der Waals surface area (Å²) in [6.45, 7) is 1.93. The predicted octanol–water partition coefficient (Wildman–Crippen LogP) is 3.83. The van der Waals surface area contributed by atoms with Gasteiger partial charge in [0.15, 0.2) is 0 Å². The summed E-state index contributed by atoms with van der Waals surface area (Å²) in [4.78, 5) is 20.5. The number of pyridine rings is 1. The molecule has 3 rings (SSSR count). The van der Waals surface area contributed by atoms with Gasteiger partial charge in [-0.25, -0.2) is 14.4 Å². The molecule has 1 N–H and O–H groups in total. The Morgan fingerprint density at radius 2 is 2.17 bits per heavy atom. The number of nitrogens with zero attached hydrogens (tertiary/aromatic N) is 2. The summed E-state index contributed by atoms with van der Waals surface area (Å²) >= 11 is 1.39. The molecule has 3 aromatic rings. The van der Waals surface area contributed by atoms with Gasteiger partial charge in [0.25, 0.3) is 0 Å². The number of anilines is 1. The van der Waals surface area contributed by atoms with Crippen molar-refractivity contribution in [3.8, 4) is 10.6 Å². The number of carbonyl (C=O) groups excluding carboxylic acids is 1. The average molecular weight is 327 g/mol. The molecule has 2 heterocycles. The Hall–Kier alpha value is -2.60.